The molecule has 4 rings (SSSR count). The van der Waals surface area contributed by atoms with Gasteiger partial charge in [-0.15, -0.1) is 0 Å². The van der Waals surface area contributed by atoms with E-state index in [-0.39, 0.29) is 5.56 Å². The van der Waals surface area contributed by atoms with Gasteiger partial charge < -0.3 is 14.0 Å². The van der Waals surface area contributed by atoms with Gasteiger partial charge in [0.25, 0.3) is 5.56 Å². The van der Waals surface area contributed by atoms with Crippen LogP contribution in [0.3, 0.4) is 0 Å². The van der Waals surface area contributed by atoms with Crippen LogP contribution in [0.1, 0.15) is 5.69 Å². The molecule has 0 fully saturated rings. The fourth-order valence-corrected chi connectivity index (χ4v) is 2.50. The number of aromatic amines is 1. The number of benzene rings is 2. The quantitative estimate of drug-likeness (QED) is 0.551. The lowest BCUT2D eigenvalue weighted by molar-refractivity contribution is 0.299. The predicted molar refractivity (Wildman–Crippen MR) is 99.8 cm³/mol. The molecular formula is C21H16N2O4. The van der Waals surface area contributed by atoms with E-state index in [9.17, 15) is 4.79 Å². The maximum atomic E-state index is 11.1. The van der Waals surface area contributed by atoms with Crippen molar-refractivity contribution in [2.45, 2.75) is 6.61 Å². The minimum absolute atomic E-state index is 0.269. The topological polar surface area (TPSA) is 77.3 Å². The van der Waals surface area contributed by atoms with Gasteiger partial charge in [0.05, 0.1) is 11.8 Å². The number of hydrogen-bond acceptors (Lipinski definition) is 5. The first kappa shape index (κ1) is 16.7. The highest BCUT2D eigenvalue weighted by atomic mass is 16.5. The number of nitrogens with one attached hydrogen (secondary N) is 1. The molecule has 1 N–H and O–H groups in total. The lowest BCUT2D eigenvalue weighted by Crippen LogP contribution is -1.99. The second-order valence-electron chi connectivity index (χ2n) is 5.77. The van der Waals surface area contributed by atoms with Gasteiger partial charge in [-0.2, -0.15) is 5.16 Å². The summed E-state index contributed by atoms with van der Waals surface area (Å²) in [5.74, 6) is 2.42. The molecule has 0 aliphatic carbocycles. The molecule has 0 bridgehead atoms. The number of ether oxygens (including phenoxy) is 2. The average Bonchev–Trinajstić information content (AvgIpc) is 3.14. The Morgan fingerprint density at radius 1 is 0.889 bits per heavy atom. The van der Waals surface area contributed by atoms with Crippen molar-refractivity contribution in [3.05, 3.63) is 94.9 Å². The van der Waals surface area contributed by atoms with E-state index in [4.69, 9.17) is 14.0 Å². The Hall–Kier alpha value is -3.80. The largest absolute Gasteiger partial charge is 0.487 e. The summed E-state index contributed by atoms with van der Waals surface area (Å²) in [7, 11) is 0. The Labute approximate surface area is 155 Å². The number of pyridine rings is 1. The summed E-state index contributed by atoms with van der Waals surface area (Å²) in [6.45, 7) is 0.310. The van der Waals surface area contributed by atoms with Crippen LogP contribution in [0.15, 0.2) is 88.2 Å². The molecule has 4 aromatic rings. The lowest BCUT2D eigenvalue weighted by Gasteiger charge is -2.08. The first-order valence-electron chi connectivity index (χ1n) is 8.37. The number of H-pyrrole nitrogens is 1. The number of rotatable bonds is 6. The summed E-state index contributed by atoms with van der Waals surface area (Å²) in [6.07, 6.45) is 0. The Morgan fingerprint density at radius 3 is 2.44 bits per heavy atom. The van der Waals surface area contributed by atoms with E-state index in [1.165, 1.54) is 6.07 Å². The van der Waals surface area contributed by atoms with E-state index in [1.807, 2.05) is 66.7 Å². The highest BCUT2D eigenvalue weighted by molar-refractivity contribution is 5.57. The van der Waals surface area contributed by atoms with Crippen molar-refractivity contribution in [2.24, 2.45) is 0 Å². The van der Waals surface area contributed by atoms with Gasteiger partial charge >= 0.3 is 0 Å². The molecular weight excluding hydrogens is 344 g/mol. The minimum atomic E-state index is -0.269. The summed E-state index contributed by atoms with van der Waals surface area (Å²) in [5, 5.41) is 2.27. The van der Waals surface area contributed by atoms with Crippen molar-refractivity contribution < 1.29 is 14.0 Å². The van der Waals surface area contributed by atoms with Crippen molar-refractivity contribution in [3.63, 3.8) is 0 Å². The third kappa shape index (κ3) is 4.24. The Bertz CT molecular complexity index is 1070. The van der Waals surface area contributed by atoms with Gasteiger partial charge in [-0.3, -0.25) is 4.79 Å². The molecule has 0 atom stereocenters. The van der Waals surface area contributed by atoms with E-state index < -0.39 is 0 Å². The molecule has 0 spiro atoms. The standard InChI is InChI=1S/C21H16N2O4/c24-20-13-19(27-23-20)15-9-11-17(12-10-15)25-14-16-5-4-8-21(22-16)26-18-6-2-1-3-7-18/h1-13H,14H2,(H,23,24). The molecule has 0 aliphatic heterocycles. The van der Waals surface area contributed by atoms with E-state index >= 15 is 0 Å². The number of para-hydroxylation sites is 1. The van der Waals surface area contributed by atoms with Gasteiger partial charge in [0.15, 0.2) is 5.76 Å². The van der Waals surface area contributed by atoms with Crippen LogP contribution >= 0.6 is 0 Å². The molecule has 6 heteroatoms. The predicted octanol–water partition coefficient (Wildman–Crippen LogP) is 4.40. The van der Waals surface area contributed by atoms with Crippen molar-refractivity contribution in [1.82, 2.24) is 10.1 Å². The fourth-order valence-electron chi connectivity index (χ4n) is 2.50. The van der Waals surface area contributed by atoms with E-state index in [2.05, 4.69) is 10.1 Å². The van der Waals surface area contributed by atoms with Crippen LogP contribution in [0.5, 0.6) is 17.4 Å². The molecule has 0 aliphatic rings. The third-order valence-corrected chi connectivity index (χ3v) is 3.80. The zero-order valence-corrected chi connectivity index (χ0v) is 14.3. The Morgan fingerprint density at radius 2 is 1.70 bits per heavy atom. The Kier molecular flexibility index (Phi) is 4.70. The van der Waals surface area contributed by atoms with Crippen molar-refractivity contribution in [1.29, 1.82) is 0 Å². The average molecular weight is 360 g/mol. The van der Waals surface area contributed by atoms with Gasteiger partial charge in [-0.25, -0.2) is 4.98 Å². The fraction of sp³-hybridized carbons (Fsp3) is 0.0476. The van der Waals surface area contributed by atoms with Crippen LogP contribution in [0.2, 0.25) is 0 Å². The Balaban J connectivity index is 1.40. The van der Waals surface area contributed by atoms with Crippen LogP contribution in [-0.4, -0.2) is 10.1 Å². The van der Waals surface area contributed by atoms with Gasteiger partial charge in [0.1, 0.15) is 18.1 Å². The van der Waals surface area contributed by atoms with Gasteiger partial charge in [0, 0.05) is 11.6 Å². The van der Waals surface area contributed by atoms with Crippen molar-refractivity contribution in [2.75, 3.05) is 0 Å². The first-order chi connectivity index (χ1) is 13.3. The monoisotopic (exact) mass is 360 g/mol. The molecule has 0 saturated heterocycles. The maximum absolute atomic E-state index is 11.1. The van der Waals surface area contributed by atoms with Crippen LogP contribution in [-0.2, 0) is 6.61 Å². The number of aromatic nitrogens is 2. The number of nitrogens with zero attached hydrogens (tertiary/aromatic N) is 1. The van der Waals surface area contributed by atoms with E-state index in [0.717, 1.165) is 17.0 Å². The lowest BCUT2D eigenvalue weighted by atomic mass is 10.2. The zero-order valence-electron chi connectivity index (χ0n) is 14.3. The molecule has 134 valence electrons. The molecule has 2 aromatic carbocycles. The zero-order chi connectivity index (χ0) is 18.5. The summed E-state index contributed by atoms with van der Waals surface area (Å²) < 4.78 is 16.6. The molecule has 0 amide bonds. The molecule has 2 aromatic heterocycles. The van der Waals surface area contributed by atoms with Crippen LogP contribution in [0, 0.1) is 0 Å². The molecule has 2 heterocycles. The molecule has 0 radical (unpaired) electrons. The van der Waals surface area contributed by atoms with E-state index in [1.54, 1.807) is 6.07 Å². The molecule has 6 nitrogen and oxygen atoms in total. The summed E-state index contributed by atoms with van der Waals surface area (Å²) in [6, 6.07) is 23.7. The van der Waals surface area contributed by atoms with Gasteiger partial charge in [-0.1, -0.05) is 24.3 Å². The highest BCUT2D eigenvalue weighted by Gasteiger charge is 2.05. The van der Waals surface area contributed by atoms with E-state index in [0.29, 0.717) is 24.0 Å². The van der Waals surface area contributed by atoms with Crippen LogP contribution in [0.25, 0.3) is 11.3 Å². The van der Waals surface area contributed by atoms with Crippen molar-refractivity contribution >= 4 is 0 Å². The maximum Gasteiger partial charge on any atom is 0.280 e. The van der Waals surface area contributed by atoms with Gasteiger partial charge in [-0.05, 0) is 42.5 Å². The summed E-state index contributed by atoms with van der Waals surface area (Å²) >= 11 is 0. The molecule has 27 heavy (non-hydrogen) atoms. The highest BCUT2D eigenvalue weighted by Crippen LogP contribution is 2.22. The SMILES string of the molecule is O=c1cc(-c2ccc(OCc3cccc(Oc4ccccc4)n3)cc2)o[nH]1. The smallest absolute Gasteiger partial charge is 0.280 e. The summed E-state index contributed by atoms with van der Waals surface area (Å²) in [5.41, 5.74) is 1.27. The number of hydrogen-bond donors (Lipinski definition) is 1. The minimum Gasteiger partial charge on any atom is -0.487 e. The summed E-state index contributed by atoms with van der Waals surface area (Å²) in [4.78, 5) is 15.6. The second kappa shape index (κ2) is 7.61. The second-order valence-corrected chi connectivity index (χ2v) is 5.77. The van der Waals surface area contributed by atoms with Gasteiger partial charge in [0.2, 0.25) is 5.88 Å². The van der Waals surface area contributed by atoms with Crippen molar-refractivity contribution in [3.8, 4) is 28.7 Å². The first-order valence-corrected chi connectivity index (χ1v) is 8.37. The molecule has 0 unspecified atom stereocenters. The third-order valence-electron chi connectivity index (χ3n) is 3.80. The molecule has 0 saturated carbocycles. The normalized spacial score (nSPS) is 10.5. The van der Waals surface area contributed by atoms with Crippen LogP contribution < -0.4 is 15.0 Å². The van der Waals surface area contributed by atoms with Crippen LogP contribution in [0.4, 0.5) is 0 Å².